The van der Waals surface area contributed by atoms with Gasteiger partial charge in [-0.2, -0.15) is 0 Å². The van der Waals surface area contributed by atoms with Gasteiger partial charge in [0.15, 0.2) is 12.3 Å². The number of carbonyl (C=O) groups is 2. The summed E-state index contributed by atoms with van der Waals surface area (Å²) in [5, 5.41) is 32.3. The molecule has 0 aliphatic carbocycles. The molecule has 1 aliphatic rings. The van der Waals surface area contributed by atoms with Gasteiger partial charge in [0, 0.05) is 0 Å². The highest BCUT2D eigenvalue weighted by atomic mass is 16.7. The van der Waals surface area contributed by atoms with Crippen LogP contribution in [0.3, 0.4) is 0 Å². The average molecular weight is 475 g/mol. The van der Waals surface area contributed by atoms with E-state index in [1.807, 2.05) is 12.1 Å². The number of rotatable bonds is 9. The van der Waals surface area contributed by atoms with Gasteiger partial charge in [-0.05, 0) is 18.1 Å². The Balaban J connectivity index is 1.60. The van der Waals surface area contributed by atoms with Gasteiger partial charge in [-0.15, -0.1) is 0 Å². The number of hydrogen-bond donors (Lipinski definition) is 4. The maximum atomic E-state index is 12.7. The lowest BCUT2D eigenvalue weighted by molar-refractivity contribution is -0.294. The van der Waals surface area contributed by atoms with Crippen LogP contribution in [0.5, 0.6) is 0 Å². The fourth-order valence-corrected chi connectivity index (χ4v) is 3.25. The van der Waals surface area contributed by atoms with Crippen molar-refractivity contribution in [1.82, 2.24) is 5.32 Å². The molecule has 6 atom stereocenters. The number of alkyl carbamates (subject to hydrolysis) is 1. The Morgan fingerprint density at radius 2 is 1.44 bits per heavy atom. The lowest BCUT2D eigenvalue weighted by Gasteiger charge is -2.39. The Bertz CT molecular complexity index is 911. The normalized spacial score (nSPS) is 25.2. The summed E-state index contributed by atoms with van der Waals surface area (Å²) in [6.45, 7) is 1.03. The predicted octanol–water partition coefficient (Wildman–Crippen LogP) is 0.869. The zero-order valence-corrected chi connectivity index (χ0v) is 18.7. The van der Waals surface area contributed by atoms with Crippen LogP contribution in [0.1, 0.15) is 18.1 Å². The van der Waals surface area contributed by atoms with Crippen molar-refractivity contribution < 1.29 is 43.9 Å². The third kappa shape index (κ3) is 7.24. The number of esters is 1. The van der Waals surface area contributed by atoms with Gasteiger partial charge in [-0.3, -0.25) is 0 Å². The quantitative estimate of drug-likeness (QED) is 0.388. The van der Waals surface area contributed by atoms with E-state index in [0.29, 0.717) is 0 Å². The molecule has 0 radical (unpaired) electrons. The smallest absolute Gasteiger partial charge is 0.408 e. The summed E-state index contributed by atoms with van der Waals surface area (Å²) in [7, 11) is 0. The molecule has 1 fully saturated rings. The predicted molar refractivity (Wildman–Crippen MR) is 118 cm³/mol. The van der Waals surface area contributed by atoms with Crippen molar-refractivity contribution in [3.8, 4) is 0 Å². The fourth-order valence-electron chi connectivity index (χ4n) is 3.25. The molecular formula is C24H29NO9. The molecule has 1 amide bonds. The molecule has 34 heavy (non-hydrogen) atoms. The Labute approximate surface area is 197 Å². The van der Waals surface area contributed by atoms with Crippen LogP contribution >= 0.6 is 0 Å². The first kappa shape index (κ1) is 25.6. The van der Waals surface area contributed by atoms with Crippen molar-refractivity contribution >= 4 is 12.1 Å². The lowest BCUT2D eigenvalue weighted by Crippen LogP contribution is -2.58. The van der Waals surface area contributed by atoms with E-state index in [-0.39, 0.29) is 13.2 Å². The molecule has 10 nitrogen and oxygen atoms in total. The summed E-state index contributed by atoms with van der Waals surface area (Å²) < 4.78 is 21.3. The highest BCUT2D eigenvalue weighted by molar-refractivity contribution is 5.81. The van der Waals surface area contributed by atoms with E-state index in [1.165, 1.54) is 6.92 Å². The van der Waals surface area contributed by atoms with E-state index in [4.69, 9.17) is 18.9 Å². The van der Waals surface area contributed by atoms with Gasteiger partial charge >= 0.3 is 12.1 Å². The zero-order valence-electron chi connectivity index (χ0n) is 18.7. The van der Waals surface area contributed by atoms with Crippen molar-refractivity contribution in [2.24, 2.45) is 0 Å². The van der Waals surface area contributed by atoms with Crippen molar-refractivity contribution in [3.05, 3.63) is 71.8 Å². The molecule has 0 aromatic heterocycles. The topological polar surface area (TPSA) is 144 Å². The molecular weight excluding hydrogens is 446 g/mol. The van der Waals surface area contributed by atoms with Crippen molar-refractivity contribution in [3.63, 3.8) is 0 Å². The first-order chi connectivity index (χ1) is 16.3. The maximum Gasteiger partial charge on any atom is 0.408 e. The number of ether oxygens (including phenoxy) is 4. The van der Waals surface area contributed by atoms with Crippen molar-refractivity contribution in [2.75, 3.05) is 6.61 Å². The van der Waals surface area contributed by atoms with E-state index in [0.717, 1.165) is 11.1 Å². The Morgan fingerprint density at radius 1 is 0.882 bits per heavy atom. The average Bonchev–Trinajstić information content (AvgIpc) is 2.86. The summed E-state index contributed by atoms with van der Waals surface area (Å²) in [4.78, 5) is 25.0. The van der Waals surface area contributed by atoms with Crippen LogP contribution in [0.4, 0.5) is 4.79 Å². The lowest BCUT2D eigenvalue weighted by atomic mass is 10.00. The van der Waals surface area contributed by atoms with E-state index in [1.54, 1.807) is 48.5 Å². The van der Waals surface area contributed by atoms with Gasteiger partial charge in [0.05, 0.1) is 12.7 Å². The minimum atomic E-state index is -1.56. The maximum absolute atomic E-state index is 12.7. The van der Waals surface area contributed by atoms with Crippen LogP contribution in [0.15, 0.2) is 60.7 Å². The van der Waals surface area contributed by atoms with Crippen LogP contribution in [-0.2, 0) is 37.0 Å². The minimum absolute atomic E-state index is 0.00857. The third-order valence-corrected chi connectivity index (χ3v) is 5.25. The Kier molecular flexibility index (Phi) is 9.37. The second-order valence-corrected chi connectivity index (χ2v) is 7.87. The zero-order chi connectivity index (χ0) is 24.5. The molecule has 1 saturated heterocycles. The van der Waals surface area contributed by atoms with E-state index >= 15 is 0 Å². The van der Waals surface area contributed by atoms with Crippen LogP contribution in [0.25, 0.3) is 0 Å². The summed E-state index contributed by atoms with van der Waals surface area (Å²) >= 11 is 0. The van der Waals surface area contributed by atoms with Crippen molar-refractivity contribution in [1.29, 1.82) is 0 Å². The molecule has 2 aromatic rings. The number of benzene rings is 2. The van der Waals surface area contributed by atoms with Gasteiger partial charge in [-0.25, -0.2) is 9.59 Å². The summed E-state index contributed by atoms with van der Waals surface area (Å²) in [5.41, 5.74) is 1.51. The minimum Gasteiger partial charge on any atom is -0.459 e. The SMILES string of the molecule is C[C@@H]1O[C@@H](OC[C@H](NC(=O)OCc2ccccc2)C(=O)OCc2ccccc2)[C@@H](O)[C@H](O)[C@@H]1O. The molecule has 3 rings (SSSR count). The fraction of sp³-hybridized carbons (Fsp3) is 0.417. The number of carbonyl (C=O) groups excluding carboxylic acids is 2. The number of nitrogens with one attached hydrogen (secondary N) is 1. The first-order valence-electron chi connectivity index (χ1n) is 10.8. The van der Waals surface area contributed by atoms with Gasteiger partial charge in [0.1, 0.15) is 31.5 Å². The molecule has 4 N–H and O–H groups in total. The highest BCUT2D eigenvalue weighted by Gasteiger charge is 2.43. The van der Waals surface area contributed by atoms with Crippen LogP contribution in [0.2, 0.25) is 0 Å². The number of aliphatic hydroxyl groups is 3. The Hall–Kier alpha value is -3.02. The summed E-state index contributed by atoms with van der Waals surface area (Å²) in [6, 6.07) is 16.7. The van der Waals surface area contributed by atoms with E-state index < -0.39 is 55.4 Å². The molecule has 184 valence electrons. The molecule has 0 saturated carbocycles. The largest absolute Gasteiger partial charge is 0.459 e. The van der Waals surface area contributed by atoms with Gasteiger partial charge in [0.25, 0.3) is 0 Å². The first-order valence-corrected chi connectivity index (χ1v) is 10.8. The van der Waals surface area contributed by atoms with Gasteiger partial charge in [-0.1, -0.05) is 60.7 Å². The van der Waals surface area contributed by atoms with Gasteiger partial charge < -0.3 is 39.6 Å². The second-order valence-electron chi connectivity index (χ2n) is 7.87. The van der Waals surface area contributed by atoms with E-state index in [9.17, 15) is 24.9 Å². The number of aliphatic hydroxyl groups excluding tert-OH is 3. The summed E-state index contributed by atoms with van der Waals surface area (Å²) in [6.07, 6.45) is -7.38. The summed E-state index contributed by atoms with van der Waals surface area (Å²) in [5.74, 6) is -0.792. The third-order valence-electron chi connectivity index (χ3n) is 5.25. The number of amides is 1. The van der Waals surface area contributed by atoms with Crippen molar-refractivity contribution in [2.45, 2.75) is 56.9 Å². The van der Waals surface area contributed by atoms with Crippen LogP contribution < -0.4 is 5.32 Å². The molecule has 0 unspecified atom stereocenters. The molecule has 2 aromatic carbocycles. The monoisotopic (exact) mass is 475 g/mol. The molecule has 1 heterocycles. The van der Waals surface area contributed by atoms with E-state index in [2.05, 4.69) is 5.32 Å². The number of hydrogen-bond acceptors (Lipinski definition) is 9. The van der Waals surface area contributed by atoms with Crippen LogP contribution in [-0.4, -0.2) is 70.7 Å². The molecule has 10 heteroatoms. The Morgan fingerprint density at radius 3 is 2.03 bits per heavy atom. The van der Waals surface area contributed by atoms with Gasteiger partial charge in [0.2, 0.25) is 0 Å². The molecule has 1 aliphatic heterocycles. The molecule has 0 spiro atoms. The standard InChI is InChI=1S/C24H29NO9/c1-15-19(26)20(27)21(28)23(34-15)32-14-18(22(29)31-12-16-8-4-2-5-9-16)25-24(30)33-13-17-10-6-3-7-11-17/h2-11,15,18-21,23,26-28H,12-14H2,1H3,(H,25,30)/t15-,18-,19+,20+,21-,23+/m0/s1. The van der Waals surface area contributed by atoms with Crippen LogP contribution in [0, 0.1) is 0 Å². The highest BCUT2D eigenvalue weighted by Crippen LogP contribution is 2.22. The molecule has 0 bridgehead atoms. The second kappa shape index (κ2) is 12.4.